The molecule has 0 saturated heterocycles. The average Bonchev–Trinajstić information content (AvgIpc) is 2.05. The van der Waals surface area contributed by atoms with Crippen LogP contribution in [0.25, 0.3) is 12.2 Å². The molecule has 1 aromatic heterocycles. The molecule has 1 rings (SSSR count). The fraction of sp³-hybridized carbons (Fsp3) is 0.100. The van der Waals surface area contributed by atoms with Crippen molar-refractivity contribution >= 4 is 12.2 Å². The van der Waals surface area contributed by atoms with Gasteiger partial charge in [-0.15, -0.1) is 0 Å². The summed E-state index contributed by atoms with van der Waals surface area (Å²) in [5.41, 5.74) is 2.97. The summed E-state index contributed by atoms with van der Waals surface area (Å²) < 4.78 is 0. The maximum Gasteiger partial charge on any atom is 0.0660 e. The molecule has 0 spiro atoms. The third-order valence-corrected chi connectivity index (χ3v) is 1.56. The Labute approximate surface area is 67.1 Å². The summed E-state index contributed by atoms with van der Waals surface area (Å²) in [4.78, 5) is 4.27. The van der Waals surface area contributed by atoms with E-state index in [1.54, 1.807) is 12.2 Å². The van der Waals surface area contributed by atoms with Crippen LogP contribution in [-0.4, -0.2) is 4.98 Å². The van der Waals surface area contributed by atoms with E-state index in [0.29, 0.717) is 0 Å². The molecule has 1 nitrogen and oxygen atoms in total. The van der Waals surface area contributed by atoms with E-state index in [2.05, 4.69) is 18.1 Å². The fourth-order valence-electron chi connectivity index (χ4n) is 0.881. The van der Waals surface area contributed by atoms with E-state index >= 15 is 0 Å². The van der Waals surface area contributed by atoms with Gasteiger partial charge in [-0.05, 0) is 30.7 Å². The van der Waals surface area contributed by atoms with Gasteiger partial charge in [0.2, 0.25) is 0 Å². The number of rotatable bonds is 2. The minimum Gasteiger partial charge on any atom is -0.249 e. The quantitative estimate of drug-likeness (QED) is 0.623. The van der Waals surface area contributed by atoms with Gasteiger partial charge in [0.15, 0.2) is 0 Å². The van der Waals surface area contributed by atoms with Crippen LogP contribution in [0.5, 0.6) is 0 Å². The molecule has 11 heavy (non-hydrogen) atoms. The number of aryl methyl sites for hydroxylation is 1. The predicted octanol–water partition coefficient (Wildman–Crippen LogP) is 2.68. The van der Waals surface area contributed by atoms with Gasteiger partial charge in [0, 0.05) is 0 Å². The second kappa shape index (κ2) is 3.15. The molecule has 1 heteroatoms. The Hall–Kier alpha value is -1.37. The predicted molar refractivity (Wildman–Crippen MR) is 49.2 cm³/mol. The van der Waals surface area contributed by atoms with E-state index in [1.165, 1.54) is 0 Å². The van der Waals surface area contributed by atoms with Crippen molar-refractivity contribution in [2.45, 2.75) is 6.92 Å². The smallest absolute Gasteiger partial charge is 0.0660 e. The van der Waals surface area contributed by atoms with Gasteiger partial charge in [-0.3, -0.25) is 0 Å². The first-order valence-corrected chi connectivity index (χ1v) is 3.50. The van der Waals surface area contributed by atoms with Crippen molar-refractivity contribution in [2.75, 3.05) is 0 Å². The van der Waals surface area contributed by atoms with Crippen LogP contribution in [0.1, 0.15) is 17.0 Å². The molecule has 0 aliphatic rings. The van der Waals surface area contributed by atoms with Crippen molar-refractivity contribution < 1.29 is 0 Å². The number of nitrogens with zero attached hydrogens (tertiary/aromatic N) is 1. The number of hydrogen-bond donors (Lipinski definition) is 0. The topological polar surface area (TPSA) is 12.9 Å². The van der Waals surface area contributed by atoms with E-state index in [-0.39, 0.29) is 0 Å². The van der Waals surface area contributed by atoms with Crippen molar-refractivity contribution in [2.24, 2.45) is 0 Å². The highest BCUT2D eigenvalue weighted by Gasteiger charge is 1.94. The summed E-state index contributed by atoms with van der Waals surface area (Å²) in [6.45, 7) is 9.32. The molecule has 0 aromatic carbocycles. The Bertz CT molecular complexity index is 287. The highest BCUT2D eigenvalue weighted by atomic mass is 14.7. The van der Waals surface area contributed by atoms with E-state index in [0.717, 1.165) is 17.0 Å². The van der Waals surface area contributed by atoms with Gasteiger partial charge >= 0.3 is 0 Å². The SMILES string of the molecule is C=Cc1ccc(C)c(C=C)n1. The second-order valence-corrected chi connectivity index (χ2v) is 2.35. The minimum atomic E-state index is 0.894. The summed E-state index contributed by atoms with van der Waals surface area (Å²) in [5.74, 6) is 0. The molecule has 0 aliphatic heterocycles. The zero-order valence-electron chi connectivity index (χ0n) is 6.67. The summed E-state index contributed by atoms with van der Waals surface area (Å²) in [7, 11) is 0. The lowest BCUT2D eigenvalue weighted by molar-refractivity contribution is 1.22. The van der Waals surface area contributed by atoms with Gasteiger partial charge in [-0.25, -0.2) is 4.98 Å². The molecule has 0 aliphatic carbocycles. The van der Waals surface area contributed by atoms with Crippen LogP contribution in [0.4, 0.5) is 0 Å². The molecule has 0 unspecified atom stereocenters. The van der Waals surface area contributed by atoms with Crippen molar-refractivity contribution in [3.63, 3.8) is 0 Å². The molecule has 0 atom stereocenters. The molecule has 1 heterocycles. The van der Waals surface area contributed by atoms with Crippen molar-refractivity contribution in [1.82, 2.24) is 4.98 Å². The van der Waals surface area contributed by atoms with Crippen LogP contribution in [0.15, 0.2) is 25.3 Å². The van der Waals surface area contributed by atoms with Crippen LogP contribution in [0.3, 0.4) is 0 Å². The zero-order valence-corrected chi connectivity index (χ0v) is 6.67. The summed E-state index contributed by atoms with van der Waals surface area (Å²) in [5, 5.41) is 0. The van der Waals surface area contributed by atoms with E-state index in [9.17, 15) is 0 Å². The molecule has 1 aromatic rings. The molecule has 56 valence electrons. The zero-order chi connectivity index (χ0) is 8.27. The molecule has 0 radical (unpaired) electrons. The summed E-state index contributed by atoms with van der Waals surface area (Å²) in [6, 6.07) is 3.95. The van der Waals surface area contributed by atoms with Crippen LogP contribution < -0.4 is 0 Å². The molecule has 0 fully saturated rings. The van der Waals surface area contributed by atoms with Crippen LogP contribution in [0.2, 0.25) is 0 Å². The molecule has 0 amide bonds. The lowest BCUT2D eigenvalue weighted by Gasteiger charge is -1.99. The number of pyridine rings is 1. The molecular weight excluding hydrogens is 134 g/mol. The van der Waals surface area contributed by atoms with Gasteiger partial charge in [0.1, 0.15) is 0 Å². The highest BCUT2D eigenvalue weighted by molar-refractivity contribution is 5.51. The lowest BCUT2D eigenvalue weighted by atomic mass is 10.2. The van der Waals surface area contributed by atoms with Gasteiger partial charge in [0.05, 0.1) is 11.4 Å². The van der Waals surface area contributed by atoms with Crippen LogP contribution in [0, 0.1) is 6.92 Å². The first kappa shape index (κ1) is 7.73. The van der Waals surface area contributed by atoms with Crippen molar-refractivity contribution in [3.8, 4) is 0 Å². The Kier molecular flexibility index (Phi) is 2.21. The standard InChI is InChI=1S/C10H11N/c1-4-9-7-6-8(3)10(5-2)11-9/h4-7H,1-2H2,3H3. The Morgan fingerprint density at radius 3 is 2.55 bits per heavy atom. The Balaban J connectivity index is 3.22. The molecule has 0 saturated carbocycles. The van der Waals surface area contributed by atoms with Crippen LogP contribution >= 0.6 is 0 Å². The number of hydrogen-bond acceptors (Lipinski definition) is 1. The molecule has 0 N–H and O–H groups in total. The summed E-state index contributed by atoms with van der Waals surface area (Å²) >= 11 is 0. The van der Waals surface area contributed by atoms with Crippen molar-refractivity contribution in [1.29, 1.82) is 0 Å². The fourth-order valence-corrected chi connectivity index (χ4v) is 0.881. The van der Waals surface area contributed by atoms with Gasteiger partial charge in [-0.1, -0.05) is 19.2 Å². The molecular formula is C10H11N. The maximum atomic E-state index is 4.27. The molecule has 0 bridgehead atoms. The largest absolute Gasteiger partial charge is 0.249 e. The van der Waals surface area contributed by atoms with Gasteiger partial charge in [-0.2, -0.15) is 0 Å². The second-order valence-electron chi connectivity index (χ2n) is 2.35. The first-order chi connectivity index (χ1) is 5.27. The third-order valence-electron chi connectivity index (χ3n) is 1.56. The van der Waals surface area contributed by atoms with Crippen LogP contribution in [-0.2, 0) is 0 Å². The lowest BCUT2D eigenvalue weighted by Crippen LogP contribution is -1.88. The normalized spacial score (nSPS) is 9.18. The Morgan fingerprint density at radius 1 is 1.27 bits per heavy atom. The van der Waals surface area contributed by atoms with E-state index < -0.39 is 0 Å². The summed E-state index contributed by atoms with van der Waals surface area (Å²) in [6.07, 6.45) is 3.48. The maximum absolute atomic E-state index is 4.27. The Morgan fingerprint density at radius 2 is 2.00 bits per heavy atom. The van der Waals surface area contributed by atoms with E-state index in [4.69, 9.17) is 0 Å². The third kappa shape index (κ3) is 1.55. The highest BCUT2D eigenvalue weighted by Crippen LogP contribution is 2.07. The van der Waals surface area contributed by atoms with Crippen molar-refractivity contribution in [3.05, 3.63) is 42.2 Å². The van der Waals surface area contributed by atoms with E-state index in [1.807, 2.05) is 19.1 Å². The first-order valence-electron chi connectivity index (χ1n) is 3.50. The minimum absolute atomic E-state index is 0.894. The number of aromatic nitrogens is 1. The van der Waals surface area contributed by atoms with Gasteiger partial charge in [0.25, 0.3) is 0 Å². The monoisotopic (exact) mass is 145 g/mol. The van der Waals surface area contributed by atoms with Gasteiger partial charge < -0.3 is 0 Å². The average molecular weight is 145 g/mol.